The summed E-state index contributed by atoms with van der Waals surface area (Å²) in [5.74, 6) is 0. The first kappa shape index (κ1) is 12.3. The predicted molar refractivity (Wildman–Crippen MR) is 76.0 cm³/mol. The van der Waals surface area contributed by atoms with Crippen molar-refractivity contribution in [3.05, 3.63) is 58.7 Å². The maximum Gasteiger partial charge on any atom is 0.0154 e. The molecule has 0 atom stereocenters. The zero-order valence-corrected chi connectivity index (χ0v) is 11.7. The first-order valence-electron chi connectivity index (χ1n) is 5.89. The smallest absolute Gasteiger partial charge is 0.0154 e. The third kappa shape index (κ3) is 2.73. The lowest BCUT2D eigenvalue weighted by Gasteiger charge is -2.10. The highest BCUT2D eigenvalue weighted by molar-refractivity contribution is 7.99. The second-order valence-corrected chi connectivity index (χ2v) is 5.65. The maximum atomic E-state index is 2.27. The molecule has 0 unspecified atom stereocenters. The van der Waals surface area contributed by atoms with E-state index in [4.69, 9.17) is 0 Å². The number of rotatable bonds is 2. The monoisotopic (exact) mass is 242 g/mol. The Balaban J connectivity index is 2.38. The molecular weight excluding hydrogens is 224 g/mol. The summed E-state index contributed by atoms with van der Waals surface area (Å²) in [4.78, 5) is 2.72. The van der Waals surface area contributed by atoms with Gasteiger partial charge in [0, 0.05) is 9.79 Å². The first-order chi connectivity index (χ1) is 8.08. The molecule has 17 heavy (non-hydrogen) atoms. The van der Waals surface area contributed by atoms with E-state index in [0.29, 0.717) is 0 Å². The summed E-state index contributed by atoms with van der Waals surface area (Å²) >= 11 is 1.87. The molecule has 0 heterocycles. The van der Waals surface area contributed by atoms with Crippen LogP contribution in [0.1, 0.15) is 22.3 Å². The van der Waals surface area contributed by atoms with Crippen molar-refractivity contribution in [3.8, 4) is 0 Å². The molecule has 0 aliphatic heterocycles. The van der Waals surface area contributed by atoms with Crippen LogP contribution in [-0.4, -0.2) is 0 Å². The molecular formula is C16H18S. The lowest BCUT2D eigenvalue weighted by atomic mass is 10.1. The normalized spacial score (nSPS) is 10.6. The molecule has 0 fully saturated rings. The van der Waals surface area contributed by atoms with E-state index in [2.05, 4.69) is 64.1 Å². The Labute approximate surface area is 108 Å². The highest BCUT2D eigenvalue weighted by Gasteiger charge is 2.05. The summed E-state index contributed by atoms with van der Waals surface area (Å²) in [6.07, 6.45) is 0. The molecule has 2 rings (SSSR count). The second-order valence-electron chi connectivity index (χ2n) is 4.57. The molecule has 0 amide bonds. The van der Waals surface area contributed by atoms with E-state index < -0.39 is 0 Å². The van der Waals surface area contributed by atoms with Crippen molar-refractivity contribution in [1.82, 2.24) is 0 Å². The van der Waals surface area contributed by atoms with Crippen LogP contribution in [0.3, 0.4) is 0 Å². The van der Waals surface area contributed by atoms with Crippen LogP contribution in [0, 0.1) is 27.7 Å². The van der Waals surface area contributed by atoms with Gasteiger partial charge >= 0.3 is 0 Å². The van der Waals surface area contributed by atoms with E-state index in [1.807, 2.05) is 11.8 Å². The standard InChI is InChI=1S/C16H18S/c1-11-8-9-13(3)16(10-11)17-15-7-5-6-12(2)14(15)4/h5-10H,1-4H3. The van der Waals surface area contributed by atoms with Crippen LogP contribution in [0.25, 0.3) is 0 Å². The summed E-state index contributed by atoms with van der Waals surface area (Å²) in [7, 11) is 0. The minimum Gasteiger partial charge on any atom is -0.0895 e. The lowest BCUT2D eigenvalue weighted by Crippen LogP contribution is -1.86. The maximum absolute atomic E-state index is 2.27. The molecule has 0 saturated heterocycles. The zero-order chi connectivity index (χ0) is 12.4. The molecule has 0 saturated carbocycles. The molecule has 0 nitrogen and oxygen atoms in total. The fraction of sp³-hybridized carbons (Fsp3) is 0.250. The summed E-state index contributed by atoms with van der Waals surface area (Å²) in [6, 6.07) is 13.1. The van der Waals surface area contributed by atoms with Gasteiger partial charge in [-0.2, -0.15) is 0 Å². The average Bonchev–Trinajstić information content (AvgIpc) is 2.30. The minimum atomic E-state index is 1.32. The molecule has 0 radical (unpaired) electrons. The number of hydrogen-bond acceptors (Lipinski definition) is 1. The van der Waals surface area contributed by atoms with E-state index in [-0.39, 0.29) is 0 Å². The van der Waals surface area contributed by atoms with Gasteiger partial charge in [0.15, 0.2) is 0 Å². The number of benzene rings is 2. The SMILES string of the molecule is Cc1ccc(C)c(Sc2cccc(C)c2C)c1. The van der Waals surface area contributed by atoms with Crippen molar-refractivity contribution < 1.29 is 0 Å². The highest BCUT2D eigenvalue weighted by Crippen LogP contribution is 2.33. The third-order valence-electron chi connectivity index (χ3n) is 3.12. The van der Waals surface area contributed by atoms with Crippen LogP contribution in [0.4, 0.5) is 0 Å². The number of aryl methyl sites for hydroxylation is 3. The van der Waals surface area contributed by atoms with Gasteiger partial charge in [0.05, 0.1) is 0 Å². The van der Waals surface area contributed by atoms with E-state index in [1.165, 1.54) is 32.0 Å². The van der Waals surface area contributed by atoms with E-state index in [0.717, 1.165) is 0 Å². The zero-order valence-electron chi connectivity index (χ0n) is 10.9. The lowest BCUT2D eigenvalue weighted by molar-refractivity contribution is 1.21. The Kier molecular flexibility index (Phi) is 3.58. The molecule has 2 aromatic carbocycles. The van der Waals surface area contributed by atoms with Gasteiger partial charge in [-0.1, -0.05) is 36.0 Å². The largest absolute Gasteiger partial charge is 0.0895 e. The fourth-order valence-corrected chi connectivity index (χ4v) is 2.94. The Bertz CT molecular complexity index is 541. The molecule has 1 heteroatoms. The summed E-state index contributed by atoms with van der Waals surface area (Å²) in [6.45, 7) is 8.69. The summed E-state index contributed by atoms with van der Waals surface area (Å²) in [5.41, 5.74) is 5.42. The van der Waals surface area contributed by atoms with Crippen molar-refractivity contribution in [1.29, 1.82) is 0 Å². The second kappa shape index (κ2) is 4.97. The van der Waals surface area contributed by atoms with Crippen LogP contribution in [0.2, 0.25) is 0 Å². The molecule has 0 N–H and O–H groups in total. The fourth-order valence-electron chi connectivity index (χ4n) is 1.77. The van der Waals surface area contributed by atoms with Crippen LogP contribution in [0.5, 0.6) is 0 Å². The average molecular weight is 242 g/mol. The van der Waals surface area contributed by atoms with Crippen LogP contribution >= 0.6 is 11.8 Å². The van der Waals surface area contributed by atoms with Crippen LogP contribution in [0.15, 0.2) is 46.2 Å². The predicted octanol–water partition coefficient (Wildman–Crippen LogP) is 5.07. The van der Waals surface area contributed by atoms with Gasteiger partial charge in [0.25, 0.3) is 0 Å². The topological polar surface area (TPSA) is 0 Å². The summed E-state index contributed by atoms with van der Waals surface area (Å²) in [5, 5.41) is 0. The van der Waals surface area contributed by atoms with Crippen molar-refractivity contribution in [2.24, 2.45) is 0 Å². The van der Waals surface area contributed by atoms with Gasteiger partial charge < -0.3 is 0 Å². The van der Waals surface area contributed by atoms with Gasteiger partial charge in [0.2, 0.25) is 0 Å². The number of hydrogen-bond donors (Lipinski definition) is 0. The molecule has 0 spiro atoms. The van der Waals surface area contributed by atoms with Gasteiger partial charge in [-0.05, 0) is 62.1 Å². The van der Waals surface area contributed by atoms with E-state index in [1.54, 1.807) is 0 Å². The van der Waals surface area contributed by atoms with Crippen molar-refractivity contribution in [2.45, 2.75) is 37.5 Å². The van der Waals surface area contributed by atoms with E-state index in [9.17, 15) is 0 Å². The molecule has 0 aromatic heterocycles. The van der Waals surface area contributed by atoms with Gasteiger partial charge in [-0.25, -0.2) is 0 Å². The molecule has 0 bridgehead atoms. The van der Waals surface area contributed by atoms with Gasteiger partial charge in [-0.3, -0.25) is 0 Å². The Hall–Kier alpha value is -1.21. The van der Waals surface area contributed by atoms with Crippen molar-refractivity contribution in [2.75, 3.05) is 0 Å². The quantitative estimate of drug-likeness (QED) is 0.708. The Morgan fingerprint density at radius 3 is 2.29 bits per heavy atom. The van der Waals surface area contributed by atoms with Crippen LogP contribution in [-0.2, 0) is 0 Å². The van der Waals surface area contributed by atoms with E-state index >= 15 is 0 Å². The molecule has 0 aliphatic carbocycles. The molecule has 88 valence electrons. The first-order valence-corrected chi connectivity index (χ1v) is 6.71. The van der Waals surface area contributed by atoms with Gasteiger partial charge in [-0.15, -0.1) is 0 Å². The van der Waals surface area contributed by atoms with Crippen LogP contribution < -0.4 is 0 Å². The molecule has 0 aliphatic rings. The Morgan fingerprint density at radius 2 is 1.53 bits per heavy atom. The Morgan fingerprint density at radius 1 is 0.765 bits per heavy atom. The highest BCUT2D eigenvalue weighted by atomic mass is 32.2. The van der Waals surface area contributed by atoms with Crippen molar-refractivity contribution in [3.63, 3.8) is 0 Å². The minimum absolute atomic E-state index is 1.32. The summed E-state index contributed by atoms with van der Waals surface area (Å²) < 4.78 is 0. The third-order valence-corrected chi connectivity index (χ3v) is 4.44. The van der Waals surface area contributed by atoms with Crippen molar-refractivity contribution >= 4 is 11.8 Å². The van der Waals surface area contributed by atoms with Gasteiger partial charge in [0.1, 0.15) is 0 Å². The molecule has 2 aromatic rings.